The van der Waals surface area contributed by atoms with E-state index in [2.05, 4.69) is 10.6 Å². The Kier molecular flexibility index (Phi) is 7.83. The van der Waals surface area contributed by atoms with Gasteiger partial charge in [-0.3, -0.25) is 10.1 Å². The topological polar surface area (TPSA) is 93.7 Å². The molecule has 0 heterocycles. The SMILES string of the molecule is O=C(COC(=O)c1ccc(COc2ccccc2)cc1)NC(=O)NC1CCCCC1. The lowest BCUT2D eigenvalue weighted by Gasteiger charge is -2.22. The number of hydrogen-bond acceptors (Lipinski definition) is 5. The number of amides is 3. The van der Waals surface area contributed by atoms with Gasteiger partial charge in [-0.25, -0.2) is 9.59 Å². The molecule has 2 aromatic carbocycles. The highest BCUT2D eigenvalue weighted by Gasteiger charge is 2.17. The molecule has 1 saturated carbocycles. The molecule has 7 heteroatoms. The molecule has 0 aromatic heterocycles. The van der Waals surface area contributed by atoms with Gasteiger partial charge in [0.1, 0.15) is 12.4 Å². The van der Waals surface area contributed by atoms with Gasteiger partial charge in [0.25, 0.3) is 5.91 Å². The predicted octanol–water partition coefficient (Wildman–Crippen LogP) is 3.58. The van der Waals surface area contributed by atoms with Crippen LogP contribution in [0.15, 0.2) is 54.6 Å². The molecule has 0 atom stereocenters. The minimum absolute atomic E-state index is 0.0958. The second-order valence-corrected chi connectivity index (χ2v) is 7.23. The first-order valence-electron chi connectivity index (χ1n) is 10.1. The minimum Gasteiger partial charge on any atom is -0.489 e. The maximum atomic E-state index is 12.1. The molecular weight excluding hydrogens is 384 g/mol. The fraction of sp³-hybridized carbons (Fsp3) is 0.348. The number of para-hydroxylation sites is 1. The van der Waals surface area contributed by atoms with Crippen LogP contribution in [0, 0.1) is 0 Å². The summed E-state index contributed by atoms with van der Waals surface area (Å²) in [5.41, 5.74) is 1.21. The Morgan fingerprint density at radius 2 is 1.60 bits per heavy atom. The molecule has 0 bridgehead atoms. The highest BCUT2D eigenvalue weighted by molar-refractivity contribution is 5.97. The normalized spacial score (nSPS) is 13.9. The molecule has 1 aliphatic carbocycles. The van der Waals surface area contributed by atoms with Crippen LogP contribution in [0.25, 0.3) is 0 Å². The summed E-state index contributed by atoms with van der Waals surface area (Å²) in [5.74, 6) is -0.530. The number of benzene rings is 2. The van der Waals surface area contributed by atoms with E-state index in [0.29, 0.717) is 12.2 Å². The van der Waals surface area contributed by atoms with Crippen molar-refractivity contribution in [2.45, 2.75) is 44.8 Å². The zero-order valence-electron chi connectivity index (χ0n) is 16.8. The molecule has 0 aliphatic heterocycles. The van der Waals surface area contributed by atoms with Crippen molar-refractivity contribution in [2.75, 3.05) is 6.61 Å². The van der Waals surface area contributed by atoms with Gasteiger partial charge in [0, 0.05) is 6.04 Å². The van der Waals surface area contributed by atoms with E-state index in [1.165, 1.54) is 6.42 Å². The van der Waals surface area contributed by atoms with Crippen molar-refractivity contribution >= 4 is 17.9 Å². The van der Waals surface area contributed by atoms with Crippen LogP contribution >= 0.6 is 0 Å². The van der Waals surface area contributed by atoms with E-state index in [-0.39, 0.29) is 6.04 Å². The first-order valence-corrected chi connectivity index (χ1v) is 10.1. The van der Waals surface area contributed by atoms with Gasteiger partial charge in [-0.15, -0.1) is 0 Å². The lowest BCUT2D eigenvalue weighted by Crippen LogP contribution is -2.46. The van der Waals surface area contributed by atoms with Gasteiger partial charge in [0.05, 0.1) is 5.56 Å². The van der Waals surface area contributed by atoms with E-state index in [1.54, 1.807) is 24.3 Å². The highest BCUT2D eigenvalue weighted by atomic mass is 16.5. The van der Waals surface area contributed by atoms with Crippen molar-refractivity contribution in [3.05, 3.63) is 65.7 Å². The first kappa shape index (κ1) is 21.4. The first-order chi connectivity index (χ1) is 14.6. The number of imide groups is 1. The Morgan fingerprint density at radius 3 is 2.30 bits per heavy atom. The number of ether oxygens (including phenoxy) is 2. The molecule has 3 amide bonds. The number of esters is 1. The zero-order chi connectivity index (χ0) is 21.2. The molecule has 3 rings (SSSR count). The smallest absolute Gasteiger partial charge is 0.338 e. The van der Waals surface area contributed by atoms with Gasteiger partial charge < -0.3 is 14.8 Å². The number of nitrogens with one attached hydrogen (secondary N) is 2. The highest BCUT2D eigenvalue weighted by Crippen LogP contribution is 2.17. The summed E-state index contributed by atoms with van der Waals surface area (Å²) in [6.45, 7) is -0.145. The molecule has 1 fully saturated rings. The molecule has 2 aromatic rings. The van der Waals surface area contributed by atoms with E-state index < -0.39 is 24.5 Å². The van der Waals surface area contributed by atoms with E-state index >= 15 is 0 Å². The van der Waals surface area contributed by atoms with E-state index in [4.69, 9.17) is 9.47 Å². The summed E-state index contributed by atoms with van der Waals surface area (Å²) in [4.78, 5) is 35.8. The van der Waals surface area contributed by atoms with Crippen LogP contribution in [0.4, 0.5) is 4.79 Å². The van der Waals surface area contributed by atoms with Gasteiger partial charge in [0.15, 0.2) is 6.61 Å². The number of hydrogen-bond donors (Lipinski definition) is 2. The summed E-state index contributed by atoms with van der Waals surface area (Å²) in [5, 5.41) is 4.97. The Labute approximate surface area is 175 Å². The lowest BCUT2D eigenvalue weighted by atomic mass is 9.96. The van der Waals surface area contributed by atoms with E-state index in [1.807, 2.05) is 30.3 Å². The molecular formula is C23H26N2O5. The Morgan fingerprint density at radius 1 is 0.900 bits per heavy atom. The number of urea groups is 1. The Bertz CT molecular complexity index is 846. The van der Waals surface area contributed by atoms with Crippen LogP contribution in [0.5, 0.6) is 5.75 Å². The minimum atomic E-state index is -0.662. The van der Waals surface area contributed by atoms with E-state index in [0.717, 1.165) is 37.0 Å². The molecule has 0 unspecified atom stereocenters. The summed E-state index contributed by atoms with van der Waals surface area (Å²) >= 11 is 0. The van der Waals surface area contributed by atoms with Gasteiger partial charge in [-0.05, 0) is 42.7 Å². The molecule has 0 saturated heterocycles. The molecule has 0 radical (unpaired) electrons. The fourth-order valence-electron chi connectivity index (χ4n) is 3.27. The van der Waals surface area contributed by atoms with Gasteiger partial charge >= 0.3 is 12.0 Å². The fourth-order valence-corrected chi connectivity index (χ4v) is 3.27. The van der Waals surface area contributed by atoms with Crippen molar-refractivity contribution in [1.29, 1.82) is 0 Å². The quantitative estimate of drug-likeness (QED) is 0.681. The molecule has 158 valence electrons. The lowest BCUT2D eigenvalue weighted by molar-refractivity contribution is -0.123. The van der Waals surface area contributed by atoms with Gasteiger partial charge in [-0.2, -0.15) is 0 Å². The third-order valence-corrected chi connectivity index (χ3v) is 4.87. The third kappa shape index (κ3) is 6.92. The second kappa shape index (κ2) is 11.0. The van der Waals surface area contributed by atoms with Crippen LogP contribution in [0.1, 0.15) is 48.0 Å². The van der Waals surface area contributed by atoms with Crippen LogP contribution in [0.2, 0.25) is 0 Å². The van der Waals surface area contributed by atoms with Crippen LogP contribution < -0.4 is 15.4 Å². The zero-order valence-corrected chi connectivity index (χ0v) is 16.8. The van der Waals surface area contributed by atoms with Crippen molar-refractivity contribution < 1.29 is 23.9 Å². The monoisotopic (exact) mass is 410 g/mol. The molecule has 7 nitrogen and oxygen atoms in total. The summed E-state index contributed by atoms with van der Waals surface area (Å²) in [6, 6.07) is 15.7. The molecule has 0 spiro atoms. The molecule has 1 aliphatic rings. The van der Waals surface area contributed by atoms with Crippen molar-refractivity contribution in [1.82, 2.24) is 10.6 Å². The van der Waals surface area contributed by atoms with Gasteiger partial charge in [0.2, 0.25) is 0 Å². The van der Waals surface area contributed by atoms with E-state index in [9.17, 15) is 14.4 Å². The average Bonchev–Trinajstić information content (AvgIpc) is 2.77. The standard InChI is InChI=1S/C23H26N2O5/c26-21(25-23(28)24-19-7-3-1-4-8-19)16-30-22(27)18-13-11-17(12-14-18)15-29-20-9-5-2-6-10-20/h2,5-6,9-14,19H,1,3-4,7-8,15-16H2,(H2,24,25,26,28). The number of carbonyl (C=O) groups is 3. The van der Waals surface area contributed by atoms with Gasteiger partial charge in [-0.1, -0.05) is 49.6 Å². The molecule has 2 N–H and O–H groups in total. The van der Waals surface area contributed by atoms with Crippen molar-refractivity contribution in [3.63, 3.8) is 0 Å². The maximum absolute atomic E-state index is 12.1. The summed E-state index contributed by atoms with van der Waals surface area (Å²) in [7, 11) is 0. The number of carbonyl (C=O) groups excluding carboxylic acids is 3. The Hall–Kier alpha value is -3.35. The second-order valence-electron chi connectivity index (χ2n) is 7.23. The summed E-state index contributed by atoms with van der Waals surface area (Å²) in [6.07, 6.45) is 5.17. The van der Waals surface area contributed by atoms with Crippen LogP contribution in [-0.2, 0) is 16.1 Å². The maximum Gasteiger partial charge on any atom is 0.338 e. The largest absolute Gasteiger partial charge is 0.489 e. The predicted molar refractivity (Wildman–Crippen MR) is 111 cm³/mol. The summed E-state index contributed by atoms with van der Waals surface area (Å²) < 4.78 is 10.6. The Balaban J connectivity index is 1.38. The third-order valence-electron chi connectivity index (χ3n) is 4.87. The average molecular weight is 410 g/mol. The van der Waals surface area contributed by atoms with Crippen molar-refractivity contribution in [3.8, 4) is 5.75 Å². The van der Waals surface area contributed by atoms with Crippen LogP contribution in [-0.4, -0.2) is 30.6 Å². The van der Waals surface area contributed by atoms with Crippen molar-refractivity contribution in [2.24, 2.45) is 0 Å². The number of rotatable bonds is 7. The molecule has 30 heavy (non-hydrogen) atoms. The van der Waals surface area contributed by atoms with Crippen LogP contribution in [0.3, 0.4) is 0 Å².